The fraction of sp³-hybridized carbons (Fsp3) is 0.188. The molecule has 0 N–H and O–H groups in total. The highest BCUT2D eigenvalue weighted by Gasteiger charge is 2.07. The molecule has 20 heavy (non-hydrogen) atoms. The van der Waals surface area contributed by atoms with Gasteiger partial charge < -0.3 is 9.47 Å². The number of hydrogen-bond acceptors (Lipinski definition) is 3. The standard InChI is InChI=1S/C16H14BrNO2/c1-11-3-5-14(17)8-16(11)20-10-13-7-12(9-18)4-6-15(13)19-2/h3-8H,10H2,1-2H3. The monoisotopic (exact) mass is 331 g/mol. The molecule has 0 aliphatic rings. The third-order valence-corrected chi connectivity index (χ3v) is 3.44. The van der Waals surface area contributed by atoms with Crippen LogP contribution in [-0.4, -0.2) is 7.11 Å². The summed E-state index contributed by atoms with van der Waals surface area (Å²) in [5, 5.41) is 8.95. The first-order chi connectivity index (χ1) is 9.63. The van der Waals surface area contributed by atoms with E-state index < -0.39 is 0 Å². The first-order valence-corrected chi connectivity index (χ1v) is 6.89. The molecular weight excluding hydrogens is 318 g/mol. The minimum atomic E-state index is 0.357. The summed E-state index contributed by atoms with van der Waals surface area (Å²) in [6, 6.07) is 13.3. The summed E-state index contributed by atoms with van der Waals surface area (Å²) in [5.41, 5.74) is 2.50. The topological polar surface area (TPSA) is 42.2 Å². The lowest BCUT2D eigenvalue weighted by atomic mass is 10.1. The lowest BCUT2D eigenvalue weighted by Gasteiger charge is -2.12. The van der Waals surface area contributed by atoms with Crippen LogP contribution < -0.4 is 9.47 Å². The van der Waals surface area contributed by atoms with Gasteiger partial charge in [0.1, 0.15) is 18.1 Å². The van der Waals surface area contributed by atoms with Crippen LogP contribution in [0.4, 0.5) is 0 Å². The number of nitriles is 1. The average molecular weight is 332 g/mol. The van der Waals surface area contributed by atoms with Crippen LogP contribution in [0.5, 0.6) is 11.5 Å². The van der Waals surface area contributed by atoms with Gasteiger partial charge in [-0.3, -0.25) is 0 Å². The number of ether oxygens (including phenoxy) is 2. The third-order valence-electron chi connectivity index (χ3n) is 2.94. The van der Waals surface area contributed by atoms with Gasteiger partial charge in [-0.05, 0) is 42.8 Å². The van der Waals surface area contributed by atoms with Crippen LogP contribution in [0, 0.1) is 18.3 Å². The average Bonchev–Trinajstić information content (AvgIpc) is 2.47. The fourth-order valence-electron chi connectivity index (χ4n) is 1.85. The van der Waals surface area contributed by atoms with Crippen LogP contribution in [0.15, 0.2) is 40.9 Å². The lowest BCUT2D eigenvalue weighted by Crippen LogP contribution is -2.00. The van der Waals surface area contributed by atoms with Crippen LogP contribution in [-0.2, 0) is 6.61 Å². The Morgan fingerprint density at radius 3 is 2.65 bits per heavy atom. The summed E-state index contributed by atoms with van der Waals surface area (Å²) in [6.07, 6.45) is 0. The lowest BCUT2D eigenvalue weighted by molar-refractivity contribution is 0.294. The summed E-state index contributed by atoms with van der Waals surface area (Å²) < 4.78 is 12.1. The van der Waals surface area contributed by atoms with Crippen LogP contribution in [0.2, 0.25) is 0 Å². The molecule has 102 valence electrons. The highest BCUT2D eigenvalue weighted by molar-refractivity contribution is 9.10. The zero-order valence-corrected chi connectivity index (χ0v) is 12.9. The van der Waals surface area contributed by atoms with Gasteiger partial charge in [-0.15, -0.1) is 0 Å². The van der Waals surface area contributed by atoms with E-state index in [1.54, 1.807) is 25.3 Å². The van der Waals surface area contributed by atoms with Crippen LogP contribution >= 0.6 is 15.9 Å². The molecule has 0 aliphatic heterocycles. The number of aryl methyl sites for hydroxylation is 1. The molecule has 0 saturated heterocycles. The van der Waals surface area contributed by atoms with Gasteiger partial charge in [-0.25, -0.2) is 0 Å². The molecule has 0 spiro atoms. The summed E-state index contributed by atoms with van der Waals surface area (Å²) >= 11 is 3.43. The Labute approximate surface area is 126 Å². The van der Waals surface area contributed by atoms with Crippen LogP contribution in [0.1, 0.15) is 16.7 Å². The maximum Gasteiger partial charge on any atom is 0.125 e. The maximum absolute atomic E-state index is 8.95. The number of benzene rings is 2. The summed E-state index contributed by atoms with van der Waals surface area (Å²) in [7, 11) is 1.61. The van der Waals surface area contributed by atoms with E-state index in [-0.39, 0.29) is 0 Å². The Hall–Kier alpha value is -1.99. The molecule has 0 radical (unpaired) electrons. The van der Waals surface area contributed by atoms with Gasteiger partial charge in [0.05, 0.1) is 18.7 Å². The third kappa shape index (κ3) is 3.31. The second-order valence-corrected chi connectivity index (χ2v) is 5.25. The Kier molecular flexibility index (Phi) is 4.65. The Morgan fingerprint density at radius 1 is 1.15 bits per heavy atom. The van der Waals surface area contributed by atoms with Crippen molar-refractivity contribution in [1.82, 2.24) is 0 Å². The molecule has 0 fully saturated rings. The van der Waals surface area contributed by atoms with Crippen molar-refractivity contribution in [3.05, 3.63) is 57.6 Å². The first-order valence-electron chi connectivity index (χ1n) is 6.10. The van der Waals surface area contributed by atoms with E-state index >= 15 is 0 Å². The molecule has 2 rings (SSSR count). The minimum absolute atomic E-state index is 0.357. The van der Waals surface area contributed by atoms with E-state index in [0.717, 1.165) is 27.1 Å². The molecule has 0 amide bonds. The first kappa shape index (κ1) is 14.4. The molecule has 0 atom stereocenters. The molecule has 2 aromatic rings. The van der Waals surface area contributed by atoms with Crippen molar-refractivity contribution in [3.8, 4) is 17.6 Å². The van der Waals surface area contributed by atoms with Gasteiger partial charge in [0.2, 0.25) is 0 Å². The van der Waals surface area contributed by atoms with Crippen molar-refractivity contribution < 1.29 is 9.47 Å². The molecule has 0 heterocycles. The van der Waals surface area contributed by atoms with Crippen molar-refractivity contribution in [2.24, 2.45) is 0 Å². The SMILES string of the molecule is COc1ccc(C#N)cc1COc1cc(Br)ccc1C. The Bertz CT molecular complexity index is 662. The van der Waals surface area contributed by atoms with Gasteiger partial charge in [0.15, 0.2) is 0 Å². The van der Waals surface area contributed by atoms with E-state index in [4.69, 9.17) is 14.7 Å². The van der Waals surface area contributed by atoms with Crippen molar-refractivity contribution in [3.63, 3.8) is 0 Å². The van der Waals surface area contributed by atoms with Gasteiger partial charge >= 0.3 is 0 Å². The van der Waals surface area contributed by atoms with Crippen LogP contribution in [0.25, 0.3) is 0 Å². The van der Waals surface area contributed by atoms with E-state index in [9.17, 15) is 0 Å². The van der Waals surface area contributed by atoms with Crippen molar-refractivity contribution in [2.45, 2.75) is 13.5 Å². The predicted octanol–water partition coefficient (Wildman–Crippen LogP) is 4.22. The van der Waals surface area contributed by atoms with E-state index in [1.807, 2.05) is 25.1 Å². The molecule has 0 unspecified atom stereocenters. The molecule has 0 aliphatic carbocycles. The van der Waals surface area contributed by atoms with Gasteiger partial charge in [-0.2, -0.15) is 5.26 Å². The van der Waals surface area contributed by atoms with Gasteiger partial charge in [0.25, 0.3) is 0 Å². The normalized spacial score (nSPS) is 9.90. The number of rotatable bonds is 4. The molecule has 0 aromatic heterocycles. The Balaban J connectivity index is 2.22. The van der Waals surface area contributed by atoms with Crippen molar-refractivity contribution in [1.29, 1.82) is 5.26 Å². The van der Waals surface area contributed by atoms with E-state index in [2.05, 4.69) is 22.0 Å². The molecule has 4 heteroatoms. The summed E-state index contributed by atoms with van der Waals surface area (Å²) in [4.78, 5) is 0. The zero-order chi connectivity index (χ0) is 14.5. The number of nitrogens with zero attached hydrogens (tertiary/aromatic N) is 1. The number of methoxy groups -OCH3 is 1. The van der Waals surface area contributed by atoms with E-state index in [1.165, 1.54) is 0 Å². The summed E-state index contributed by atoms with van der Waals surface area (Å²) in [6.45, 7) is 2.35. The highest BCUT2D eigenvalue weighted by Crippen LogP contribution is 2.26. The maximum atomic E-state index is 8.95. The Morgan fingerprint density at radius 2 is 1.95 bits per heavy atom. The van der Waals surface area contributed by atoms with E-state index in [0.29, 0.717) is 12.2 Å². The molecule has 2 aromatic carbocycles. The quantitative estimate of drug-likeness (QED) is 0.842. The molecule has 0 bridgehead atoms. The molecule has 3 nitrogen and oxygen atoms in total. The minimum Gasteiger partial charge on any atom is -0.496 e. The van der Waals surface area contributed by atoms with Crippen LogP contribution in [0.3, 0.4) is 0 Å². The van der Waals surface area contributed by atoms with Gasteiger partial charge in [-0.1, -0.05) is 22.0 Å². The molecular formula is C16H14BrNO2. The number of hydrogen-bond donors (Lipinski definition) is 0. The van der Waals surface area contributed by atoms with Crippen molar-refractivity contribution in [2.75, 3.05) is 7.11 Å². The highest BCUT2D eigenvalue weighted by atomic mass is 79.9. The zero-order valence-electron chi connectivity index (χ0n) is 11.3. The summed E-state index contributed by atoms with van der Waals surface area (Å²) in [5.74, 6) is 1.53. The second-order valence-electron chi connectivity index (χ2n) is 4.34. The number of halogens is 1. The van der Waals surface area contributed by atoms with Gasteiger partial charge in [0, 0.05) is 10.0 Å². The molecule has 0 saturated carbocycles. The van der Waals surface area contributed by atoms with Crippen molar-refractivity contribution >= 4 is 15.9 Å². The smallest absolute Gasteiger partial charge is 0.125 e. The second kappa shape index (κ2) is 6.44. The predicted molar refractivity (Wildman–Crippen MR) is 80.9 cm³/mol. The largest absolute Gasteiger partial charge is 0.496 e. The fourth-order valence-corrected chi connectivity index (χ4v) is 2.19.